The maximum absolute atomic E-state index is 15.3. The van der Waals surface area contributed by atoms with E-state index in [2.05, 4.69) is 20.2 Å². The average molecular weight is 619 g/mol. The van der Waals surface area contributed by atoms with E-state index in [9.17, 15) is 18.8 Å². The van der Waals surface area contributed by atoms with E-state index in [1.165, 1.54) is 41.4 Å². The first-order valence-electron chi connectivity index (χ1n) is 14.7. The van der Waals surface area contributed by atoms with Crippen LogP contribution in [0.4, 0.5) is 14.5 Å². The molecule has 2 aromatic heterocycles. The summed E-state index contributed by atoms with van der Waals surface area (Å²) in [5.41, 5.74) is -0.125. The number of fused-ring (bicyclic) bond motifs is 1. The maximum atomic E-state index is 15.3. The molecule has 0 aliphatic carbocycles. The second-order valence-electron chi connectivity index (χ2n) is 11.5. The van der Waals surface area contributed by atoms with Gasteiger partial charge in [0.05, 0.1) is 16.9 Å². The van der Waals surface area contributed by atoms with Crippen molar-refractivity contribution in [1.29, 1.82) is 0 Å². The van der Waals surface area contributed by atoms with E-state index in [1.807, 2.05) is 0 Å². The Morgan fingerprint density at radius 2 is 1.82 bits per heavy atom. The lowest BCUT2D eigenvalue weighted by Crippen LogP contribution is -2.42. The molecule has 0 bridgehead atoms. The zero-order chi connectivity index (χ0) is 31.7. The number of carbonyl (C=O) groups excluding carboxylic acids is 1. The highest BCUT2D eigenvalue weighted by molar-refractivity contribution is 6.03. The minimum atomic E-state index is -0.898. The van der Waals surface area contributed by atoms with E-state index in [1.54, 1.807) is 13.8 Å². The molecule has 2 aliphatic rings. The van der Waals surface area contributed by atoms with Gasteiger partial charge in [0.2, 0.25) is 5.88 Å². The largest absolute Gasteiger partial charge is 0.435 e. The van der Waals surface area contributed by atoms with E-state index < -0.39 is 34.8 Å². The second-order valence-corrected chi connectivity index (χ2v) is 11.5. The monoisotopic (exact) mass is 618 g/mol. The van der Waals surface area contributed by atoms with Gasteiger partial charge in [-0.25, -0.2) is 28.1 Å². The number of nitrogens with one attached hydrogen (secondary N) is 1. The fraction of sp³-hybridized carbons (Fsp3) is 0.344. The van der Waals surface area contributed by atoms with Crippen LogP contribution in [-0.4, -0.2) is 49.7 Å². The minimum absolute atomic E-state index is 0.0652. The average Bonchev–Trinajstić information content (AvgIpc) is 3.43. The van der Waals surface area contributed by atoms with Crippen molar-refractivity contribution >= 4 is 11.6 Å². The normalized spacial score (nSPS) is 15.3. The lowest BCUT2D eigenvalue weighted by Gasteiger charge is -2.26. The summed E-state index contributed by atoms with van der Waals surface area (Å²) >= 11 is 0. The summed E-state index contributed by atoms with van der Waals surface area (Å²) in [5.74, 6) is -1.43. The highest BCUT2D eigenvalue weighted by atomic mass is 19.1. The molecule has 4 heterocycles. The molecule has 2 aromatic carbocycles. The maximum Gasteiger partial charge on any atom is 0.335 e. The Morgan fingerprint density at radius 3 is 2.53 bits per heavy atom. The SMILES string of the molecule is CC(C)n1cc(C(=O)Nc2ccc(Oc3ncnc4c3CN(CC3CCOCC3)C4)c(F)c2)c(=O)n(-c2ccc(F)cc2)c1=O. The van der Waals surface area contributed by atoms with Gasteiger partial charge in [-0.3, -0.25) is 19.1 Å². The lowest BCUT2D eigenvalue weighted by atomic mass is 10.00. The van der Waals surface area contributed by atoms with Crippen LogP contribution in [0.25, 0.3) is 5.69 Å². The first-order valence-corrected chi connectivity index (χ1v) is 14.7. The topological polar surface area (TPSA) is 121 Å². The minimum Gasteiger partial charge on any atom is -0.435 e. The zero-order valence-electron chi connectivity index (χ0n) is 24.8. The van der Waals surface area contributed by atoms with Gasteiger partial charge in [0.25, 0.3) is 11.5 Å². The van der Waals surface area contributed by atoms with Crippen molar-refractivity contribution in [2.45, 2.75) is 45.8 Å². The Kier molecular flexibility index (Phi) is 8.55. The van der Waals surface area contributed by atoms with Crippen LogP contribution < -0.4 is 21.3 Å². The van der Waals surface area contributed by atoms with Crippen LogP contribution >= 0.6 is 0 Å². The summed E-state index contributed by atoms with van der Waals surface area (Å²) in [7, 11) is 0. The number of hydrogen-bond donors (Lipinski definition) is 1. The lowest BCUT2D eigenvalue weighted by molar-refractivity contribution is 0.0519. The van der Waals surface area contributed by atoms with Crippen molar-refractivity contribution in [3.63, 3.8) is 0 Å². The number of hydrogen-bond acceptors (Lipinski definition) is 8. The molecule has 1 fully saturated rings. The molecule has 1 saturated heterocycles. The fourth-order valence-electron chi connectivity index (χ4n) is 5.61. The standard InChI is InChI=1S/C32H32F2N6O5/c1-19(2)39-16-25(31(42)40(32(39)43)23-6-3-21(33)4-7-23)29(41)37-22-5-8-28(26(34)13-22)45-30-24-15-38(17-27(24)35-18-36-30)14-20-9-11-44-12-10-20/h3-8,13,16,18-20H,9-12,14-15,17H2,1-2H3,(H,37,41). The number of ether oxygens (including phenoxy) is 2. The van der Waals surface area contributed by atoms with E-state index in [0.29, 0.717) is 19.0 Å². The van der Waals surface area contributed by atoms with Gasteiger partial charge >= 0.3 is 5.69 Å². The number of amides is 1. The third kappa shape index (κ3) is 6.40. The molecule has 2 aliphatic heterocycles. The Morgan fingerprint density at radius 1 is 1.07 bits per heavy atom. The fourth-order valence-corrected chi connectivity index (χ4v) is 5.61. The molecule has 45 heavy (non-hydrogen) atoms. The molecule has 13 heteroatoms. The first-order chi connectivity index (χ1) is 21.7. The van der Waals surface area contributed by atoms with Crippen molar-refractivity contribution in [3.8, 4) is 17.3 Å². The van der Waals surface area contributed by atoms with E-state index in [4.69, 9.17) is 9.47 Å². The predicted octanol–water partition coefficient (Wildman–Crippen LogP) is 4.44. The van der Waals surface area contributed by atoms with Crippen LogP contribution in [0.1, 0.15) is 54.3 Å². The van der Waals surface area contributed by atoms with E-state index >= 15 is 4.39 Å². The molecule has 0 saturated carbocycles. The molecule has 0 spiro atoms. The Hall–Kier alpha value is -4.75. The van der Waals surface area contributed by atoms with Crippen LogP contribution in [0.15, 0.2) is 64.6 Å². The molecule has 1 N–H and O–H groups in total. The van der Waals surface area contributed by atoms with Gasteiger partial charge in [0.1, 0.15) is 17.7 Å². The number of anilines is 1. The Labute approximate surface area is 257 Å². The molecule has 0 radical (unpaired) electrons. The van der Waals surface area contributed by atoms with Crippen LogP contribution in [-0.2, 0) is 17.8 Å². The van der Waals surface area contributed by atoms with Crippen molar-refractivity contribution < 1.29 is 23.0 Å². The quantitative estimate of drug-likeness (QED) is 0.308. The molecule has 0 atom stereocenters. The summed E-state index contributed by atoms with van der Waals surface area (Å²) < 4.78 is 42.1. The number of aromatic nitrogens is 4. The molecule has 0 unspecified atom stereocenters. The summed E-state index contributed by atoms with van der Waals surface area (Å²) in [6.45, 7) is 7.13. The molecule has 4 aromatic rings. The molecule has 1 amide bonds. The summed E-state index contributed by atoms with van der Waals surface area (Å²) in [6, 6.07) is 8.24. The van der Waals surface area contributed by atoms with Gasteiger partial charge in [-0.2, -0.15) is 0 Å². The molecule has 6 rings (SSSR count). The summed E-state index contributed by atoms with van der Waals surface area (Å²) in [4.78, 5) is 50.6. The zero-order valence-corrected chi connectivity index (χ0v) is 24.8. The second kappa shape index (κ2) is 12.7. The number of benzene rings is 2. The van der Waals surface area contributed by atoms with Crippen molar-refractivity contribution in [3.05, 3.63) is 104 Å². The molecular formula is C32H32F2N6O5. The number of nitrogens with zero attached hydrogens (tertiary/aromatic N) is 5. The van der Waals surface area contributed by atoms with Gasteiger partial charge < -0.3 is 14.8 Å². The van der Waals surface area contributed by atoms with E-state index in [-0.39, 0.29) is 28.6 Å². The molecule has 234 valence electrons. The number of halogens is 2. The number of carbonyl (C=O) groups is 1. The van der Waals surface area contributed by atoms with Crippen LogP contribution in [0.5, 0.6) is 11.6 Å². The van der Waals surface area contributed by atoms with Crippen LogP contribution in [0, 0.1) is 17.6 Å². The van der Waals surface area contributed by atoms with Gasteiger partial charge in [-0.1, -0.05) is 0 Å². The third-order valence-corrected chi connectivity index (χ3v) is 8.00. The summed E-state index contributed by atoms with van der Waals surface area (Å²) in [6.07, 6.45) is 4.59. The highest BCUT2D eigenvalue weighted by Gasteiger charge is 2.28. The Balaban J connectivity index is 1.20. The first kappa shape index (κ1) is 30.3. The van der Waals surface area contributed by atoms with Crippen LogP contribution in [0.2, 0.25) is 0 Å². The van der Waals surface area contributed by atoms with Gasteiger partial charge in [0, 0.05) is 56.8 Å². The predicted molar refractivity (Wildman–Crippen MR) is 161 cm³/mol. The van der Waals surface area contributed by atoms with Gasteiger partial charge in [-0.15, -0.1) is 0 Å². The van der Waals surface area contributed by atoms with E-state index in [0.717, 1.165) is 66.6 Å². The van der Waals surface area contributed by atoms with Crippen molar-refractivity contribution in [2.75, 3.05) is 25.1 Å². The molecule has 11 nitrogen and oxygen atoms in total. The van der Waals surface area contributed by atoms with Gasteiger partial charge in [0.15, 0.2) is 11.6 Å². The van der Waals surface area contributed by atoms with Crippen LogP contribution in [0.3, 0.4) is 0 Å². The smallest absolute Gasteiger partial charge is 0.335 e. The Bertz CT molecular complexity index is 1850. The van der Waals surface area contributed by atoms with Crippen molar-refractivity contribution in [2.24, 2.45) is 5.92 Å². The van der Waals surface area contributed by atoms with Gasteiger partial charge in [-0.05, 0) is 69.0 Å². The highest BCUT2D eigenvalue weighted by Crippen LogP contribution is 2.33. The number of rotatable bonds is 8. The van der Waals surface area contributed by atoms with Crippen molar-refractivity contribution in [1.82, 2.24) is 24.0 Å². The molecular weight excluding hydrogens is 586 g/mol. The third-order valence-electron chi connectivity index (χ3n) is 8.00. The summed E-state index contributed by atoms with van der Waals surface area (Å²) in [5, 5.41) is 2.53.